The monoisotopic (exact) mass is 666 g/mol. The van der Waals surface area contributed by atoms with Crippen LogP contribution in [0.15, 0.2) is 46.8 Å². The fourth-order valence-corrected chi connectivity index (χ4v) is 7.13. The highest BCUT2D eigenvalue weighted by atomic mass is 32.2. The lowest BCUT2D eigenvalue weighted by molar-refractivity contribution is -0.274. The largest absolute Gasteiger partial charge is 0.573 e. The maximum atomic E-state index is 13.2. The van der Waals surface area contributed by atoms with Gasteiger partial charge in [0.1, 0.15) is 23.8 Å². The molecule has 3 heterocycles. The fraction of sp³-hybridized carbons (Fsp3) is 0.452. The highest BCUT2D eigenvalue weighted by Gasteiger charge is 2.47. The van der Waals surface area contributed by atoms with Crippen molar-refractivity contribution in [1.29, 1.82) is 0 Å². The van der Waals surface area contributed by atoms with Crippen molar-refractivity contribution >= 4 is 33.7 Å². The number of hydrogen-bond acceptors (Lipinski definition) is 7. The summed E-state index contributed by atoms with van der Waals surface area (Å²) in [7, 11) is -3.88. The van der Waals surface area contributed by atoms with Crippen molar-refractivity contribution in [3.8, 4) is 5.75 Å². The van der Waals surface area contributed by atoms with Crippen LogP contribution < -0.4 is 10.1 Å². The third-order valence-electron chi connectivity index (χ3n) is 8.73. The topological polar surface area (TPSA) is 129 Å². The Labute approximate surface area is 263 Å². The minimum absolute atomic E-state index is 0.0218. The van der Waals surface area contributed by atoms with E-state index in [2.05, 4.69) is 15.0 Å². The summed E-state index contributed by atoms with van der Waals surface area (Å²) >= 11 is 0. The Hall–Kier alpha value is -3.82. The number of sulfonamides is 1. The van der Waals surface area contributed by atoms with Crippen LogP contribution in [0.4, 0.5) is 17.6 Å². The molecule has 10 nitrogen and oxygen atoms in total. The second-order valence-electron chi connectivity index (χ2n) is 11.9. The number of carbonyl (C=O) groups is 2. The van der Waals surface area contributed by atoms with Crippen LogP contribution in [-0.4, -0.2) is 90.7 Å². The molecule has 3 aliphatic heterocycles. The number of aliphatic hydroxyl groups is 1. The number of alkyl halides is 4. The molecular weight excluding hydrogens is 632 g/mol. The second-order valence-corrected chi connectivity index (χ2v) is 13.8. The Morgan fingerprint density at radius 3 is 2.17 bits per heavy atom. The molecule has 0 bridgehead atoms. The molecule has 2 fully saturated rings. The average molecular weight is 667 g/mol. The minimum Gasteiger partial charge on any atom is -0.406 e. The van der Waals surface area contributed by atoms with Crippen molar-refractivity contribution in [3.05, 3.63) is 69.6 Å². The molecule has 2 amide bonds. The number of amidine groups is 1. The van der Waals surface area contributed by atoms with Crippen LogP contribution in [0, 0.1) is 13.8 Å². The average Bonchev–Trinajstić information content (AvgIpc) is 3.31. The summed E-state index contributed by atoms with van der Waals surface area (Å²) in [4.78, 5) is 32.1. The molecule has 15 heteroatoms. The number of rotatable bonds is 7. The van der Waals surface area contributed by atoms with Gasteiger partial charge in [-0.2, -0.15) is 4.31 Å². The van der Waals surface area contributed by atoms with Gasteiger partial charge in [-0.25, -0.2) is 12.8 Å². The van der Waals surface area contributed by atoms with Gasteiger partial charge >= 0.3 is 6.36 Å². The summed E-state index contributed by atoms with van der Waals surface area (Å²) in [5.41, 5.74) is 0.222. The molecule has 2 saturated heterocycles. The van der Waals surface area contributed by atoms with Crippen LogP contribution in [0.5, 0.6) is 5.75 Å². The summed E-state index contributed by atoms with van der Waals surface area (Å²) in [5, 5.41) is 13.9. The zero-order chi connectivity index (χ0) is 33.5. The molecule has 3 aliphatic rings. The SMILES string of the molecule is Cc1cc(C(=O)N2CCC(O)(CF)CC2)cc(C)c1C=CS(=O)(=O)N1CCC2(CC1)N=C(c1ccc(OC(F)(F)F)cc1)NC2=O. The summed E-state index contributed by atoms with van der Waals surface area (Å²) in [6.45, 7) is 3.19. The highest BCUT2D eigenvalue weighted by Crippen LogP contribution is 2.33. The quantitative estimate of drug-likeness (QED) is 0.433. The third-order valence-corrected chi connectivity index (χ3v) is 10.3. The van der Waals surface area contributed by atoms with Crippen molar-refractivity contribution in [2.45, 2.75) is 57.0 Å². The zero-order valence-corrected chi connectivity index (χ0v) is 26.0. The van der Waals surface area contributed by atoms with Gasteiger partial charge in [0.2, 0.25) is 10.0 Å². The molecule has 0 aromatic heterocycles. The van der Waals surface area contributed by atoms with E-state index < -0.39 is 45.9 Å². The summed E-state index contributed by atoms with van der Waals surface area (Å²) in [6, 6.07) is 8.27. The van der Waals surface area contributed by atoms with Crippen molar-refractivity contribution in [1.82, 2.24) is 14.5 Å². The number of likely N-dealkylation sites (tertiary alicyclic amines) is 1. The van der Waals surface area contributed by atoms with Gasteiger partial charge < -0.3 is 20.1 Å². The van der Waals surface area contributed by atoms with Gasteiger partial charge in [-0.3, -0.25) is 14.6 Å². The maximum Gasteiger partial charge on any atom is 0.573 e. The maximum absolute atomic E-state index is 13.2. The van der Waals surface area contributed by atoms with Gasteiger partial charge in [-0.15, -0.1) is 13.2 Å². The molecule has 0 aliphatic carbocycles. The van der Waals surface area contributed by atoms with Gasteiger partial charge in [0.15, 0.2) is 0 Å². The predicted molar refractivity (Wildman–Crippen MR) is 161 cm³/mol. The molecule has 248 valence electrons. The Kier molecular flexibility index (Phi) is 9.05. The van der Waals surface area contributed by atoms with E-state index in [1.165, 1.54) is 22.5 Å². The Balaban J connectivity index is 1.23. The Morgan fingerprint density at radius 1 is 1.04 bits per heavy atom. The summed E-state index contributed by atoms with van der Waals surface area (Å²) in [5.74, 6) is -0.875. The first-order valence-corrected chi connectivity index (χ1v) is 16.2. The third kappa shape index (κ3) is 7.10. The van der Waals surface area contributed by atoms with Crippen molar-refractivity contribution < 1.29 is 45.4 Å². The number of aryl methyl sites for hydroxylation is 2. The number of piperidine rings is 2. The summed E-state index contributed by atoms with van der Waals surface area (Å²) < 4.78 is 82.1. The number of nitrogens with zero attached hydrogens (tertiary/aromatic N) is 3. The lowest BCUT2D eigenvalue weighted by Crippen LogP contribution is -2.50. The first-order chi connectivity index (χ1) is 21.5. The number of amides is 2. The smallest absolute Gasteiger partial charge is 0.406 e. The lowest BCUT2D eigenvalue weighted by atomic mass is 9.89. The number of halogens is 4. The van der Waals surface area contributed by atoms with E-state index in [0.717, 1.165) is 17.5 Å². The van der Waals surface area contributed by atoms with Gasteiger partial charge in [-0.1, -0.05) is 0 Å². The number of hydrogen-bond donors (Lipinski definition) is 2. The number of aliphatic imine (C=N–C) groups is 1. The number of carbonyl (C=O) groups excluding carboxylic acids is 2. The van der Waals surface area contributed by atoms with E-state index in [1.54, 1.807) is 30.9 Å². The second kappa shape index (κ2) is 12.4. The van der Waals surface area contributed by atoms with E-state index in [0.29, 0.717) is 27.8 Å². The van der Waals surface area contributed by atoms with E-state index in [9.17, 15) is 40.7 Å². The van der Waals surface area contributed by atoms with E-state index >= 15 is 0 Å². The Morgan fingerprint density at radius 2 is 1.63 bits per heavy atom. The number of benzene rings is 2. The molecule has 2 aromatic carbocycles. The van der Waals surface area contributed by atoms with Crippen molar-refractivity contribution in [2.75, 3.05) is 32.9 Å². The van der Waals surface area contributed by atoms with E-state index in [4.69, 9.17) is 0 Å². The highest BCUT2D eigenvalue weighted by molar-refractivity contribution is 7.92. The molecule has 0 radical (unpaired) electrons. The molecule has 46 heavy (non-hydrogen) atoms. The molecule has 0 unspecified atom stereocenters. The predicted octanol–water partition coefficient (Wildman–Crippen LogP) is 3.85. The van der Waals surface area contributed by atoms with Crippen LogP contribution in [0.25, 0.3) is 6.08 Å². The molecule has 2 N–H and O–H groups in total. The molecule has 2 aromatic rings. The number of ether oxygens (including phenoxy) is 1. The van der Waals surface area contributed by atoms with Crippen LogP contribution in [0.3, 0.4) is 0 Å². The first-order valence-electron chi connectivity index (χ1n) is 14.7. The van der Waals surface area contributed by atoms with Crippen molar-refractivity contribution in [3.63, 3.8) is 0 Å². The Bertz CT molecular complexity index is 1650. The van der Waals surface area contributed by atoms with Gasteiger partial charge in [0.25, 0.3) is 11.8 Å². The molecule has 5 rings (SSSR count). The van der Waals surface area contributed by atoms with Gasteiger partial charge in [0, 0.05) is 42.7 Å². The van der Waals surface area contributed by atoms with Gasteiger partial charge in [0.05, 0.1) is 5.60 Å². The van der Waals surface area contributed by atoms with Crippen LogP contribution in [0.2, 0.25) is 0 Å². The van der Waals surface area contributed by atoms with Crippen LogP contribution in [-0.2, 0) is 14.8 Å². The summed E-state index contributed by atoms with van der Waals surface area (Å²) in [6.07, 6.45) is -2.83. The van der Waals surface area contributed by atoms with E-state index in [-0.39, 0.29) is 63.6 Å². The number of nitrogens with one attached hydrogen (secondary N) is 1. The van der Waals surface area contributed by atoms with Crippen molar-refractivity contribution in [2.24, 2.45) is 4.99 Å². The van der Waals surface area contributed by atoms with E-state index in [1.807, 2.05) is 0 Å². The molecule has 0 atom stereocenters. The van der Waals surface area contributed by atoms with Crippen LogP contribution >= 0.6 is 0 Å². The zero-order valence-electron chi connectivity index (χ0n) is 25.2. The first kappa shape index (κ1) is 33.5. The van der Waals surface area contributed by atoms with Crippen LogP contribution in [0.1, 0.15) is 58.3 Å². The molecular formula is C31H34F4N4O6S. The van der Waals surface area contributed by atoms with Gasteiger partial charge in [-0.05, 0) is 98.7 Å². The minimum atomic E-state index is -4.83. The molecule has 0 saturated carbocycles. The fourth-order valence-electron chi connectivity index (χ4n) is 5.96. The lowest BCUT2D eigenvalue weighted by Gasteiger charge is -2.36. The normalized spacial score (nSPS) is 20.2. The standard InChI is InChI=1S/C31H34F4N4O6S/c1-20-17-23(27(40)38-12-8-29(42,19-32)9-13-38)18-21(2)25(20)7-16-46(43,44)39-14-10-30(11-15-39)28(41)36-26(37-30)22-3-5-24(6-4-22)45-31(33,34)35/h3-7,16-18,42H,8-15,19H2,1-2H3,(H,36,37,41). The molecule has 1 spiro atoms.